The van der Waals surface area contributed by atoms with Crippen molar-refractivity contribution in [1.29, 1.82) is 0 Å². The summed E-state index contributed by atoms with van der Waals surface area (Å²) in [5, 5.41) is 8.38. The summed E-state index contributed by atoms with van der Waals surface area (Å²) in [5.74, 6) is 0.709. The van der Waals surface area contributed by atoms with E-state index < -0.39 is 0 Å². The Morgan fingerprint density at radius 1 is 1.47 bits per heavy atom. The Kier molecular flexibility index (Phi) is 4.17. The van der Waals surface area contributed by atoms with Crippen molar-refractivity contribution in [3.8, 4) is 0 Å². The van der Waals surface area contributed by atoms with E-state index in [0.29, 0.717) is 18.0 Å². The van der Waals surface area contributed by atoms with E-state index in [2.05, 4.69) is 43.3 Å². The van der Waals surface area contributed by atoms with E-state index >= 15 is 0 Å². The summed E-state index contributed by atoms with van der Waals surface area (Å²) in [5.41, 5.74) is 1.19. The maximum Gasteiger partial charge on any atom is 0.0900 e. The summed E-state index contributed by atoms with van der Waals surface area (Å²) in [7, 11) is 0. The highest BCUT2D eigenvalue weighted by Gasteiger charge is 2.24. The second kappa shape index (κ2) is 5.46. The fourth-order valence-electron chi connectivity index (χ4n) is 2.61. The number of thiazole rings is 1. The highest BCUT2D eigenvalue weighted by atomic mass is 32.1. The fraction of sp³-hybridized carbons (Fsp3) is 0.769. The van der Waals surface area contributed by atoms with E-state index in [-0.39, 0.29) is 0 Å². The molecule has 4 heteroatoms. The summed E-state index contributed by atoms with van der Waals surface area (Å²) in [6.07, 6.45) is 1.22. The van der Waals surface area contributed by atoms with Crippen LogP contribution in [0.4, 0.5) is 0 Å². The molecule has 0 spiro atoms. The van der Waals surface area contributed by atoms with Gasteiger partial charge in [-0.2, -0.15) is 0 Å². The van der Waals surface area contributed by atoms with Crippen LogP contribution in [0.25, 0.3) is 0 Å². The summed E-state index contributed by atoms with van der Waals surface area (Å²) in [6.45, 7) is 11.0. The molecule has 1 aromatic heterocycles. The lowest BCUT2D eigenvalue weighted by Gasteiger charge is -2.32. The number of hydrogen-bond donors (Lipinski definition) is 2. The predicted octanol–water partition coefficient (Wildman–Crippen LogP) is 2.41. The van der Waals surface area contributed by atoms with Gasteiger partial charge in [-0.05, 0) is 46.2 Å². The molecule has 0 amide bonds. The first kappa shape index (κ1) is 13.0. The van der Waals surface area contributed by atoms with Crippen LogP contribution in [0.2, 0.25) is 0 Å². The van der Waals surface area contributed by atoms with Gasteiger partial charge in [-0.15, -0.1) is 11.3 Å². The number of hydrogen-bond acceptors (Lipinski definition) is 4. The molecule has 0 aromatic carbocycles. The minimum absolute atomic E-state index is 0.423. The molecule has 3 atom stereocenters. The molecule has 2 heterocycles. The maximum absolute atomic E-state index is 4.51. The lowest BCUT2D eigenvalue weighted by atomic mass is 9.94. The molecular formula is C13H23N3S. The smallest absolute Gasteiger partial charge is 0.0900 e. The maximum atomic E-state index is 4.51. The van der Waals surface area contributed by atoms with Crippen LogP contribution in [0.5, 0.6) is 0 Å². The first-order valence-electron chi connectivity index (χ1n) is 6.48. The topological polar surface area (TPSA) is 37.0 Å². The van der Waals surface area contributed by atoms with Crippen molar-refractivity contribution >= 4 is 11.3 Å². The van der Waals surface area contributed by atoms with Crippen LogP contribution < -0.4 is 10.6 Å². The Morgan fingerprint density at radius 2 is 2.24 bits per heavy atom. The van der Waals surface area contributed by atoms with Gasteiger partial charge >= 0.3 is 0 Å². The summed E-state index contributed by atoms with van der Waals surface area (Å²) < 4.78 is 0. The van der Waals surface area contributed by atoms with Crippen molar-refractivity contribution in [2.45, 2.75) is 46.2 Å². The van der Waals surface area contributed by atoms with E-state index in [1.54, 1.807) is 0 Å². The molecular weight excluding hydrogens is 230 g/mol. The zero-order chi connectivity index (χ0) is 12.4. The monoisotopic (exact) mass is 253 g/mol. The Morgan fingerprint density at radius 3 is 2.82 bits per heavy atom. The lowest BCUT2D eigenvalue weighted by molar-refractivity contribution is 0.279. The molecule has 2 N–H and O–H groups in total. The van der Waals surface area contributed by atoms with Gasteiger partial charge in [0.2, 0.25) is 0 Å². The Bertz CT molecular complexity index is 375. The fourth-order valence-corrected chi connectivity index (χ4v) is 3.55. The van der Waals surface area contributed by atoms with E-state index in [1.807, 2.05) is 11.3 Å². The van der Waals surface area contributed by atoms with Crippen LogP contribution in [-0.2, 0) is 0 Å². The largest absolute Gasteiger partial charge is 0.316 e. The molecule has 17 heavy (non-hydrogen) atoms. The van der Waals surface area contributed by atoms with Gasteiger partial charge in [0.1, 0.15) is 0 Å². The average Bonchev–Trinajstić information content (AvgIpc) is 2.61. The van der Waals surface area contributed by atoms with Crippen molar-refractivity contribution in [2.24, 2.45) is 5.92 Å². The highest BCUT2D eigenvalue weighted by Crippen LogP contribution is 2.26. The summed E-state index contributed by atoms with van der Waals surface area (Å²) in [6, 6.07) is 1.06. The van der Waals surface area contributed by atoms with E-state index in [4.69, 9.17) is 0 Å². The number of nitrogens with one attached hydrogen (secondary N) is 2. The van der Waals surface area contributed by atoms with E-state index in [1.165, 1.54) is 22.0 Å². The summed E-state index contributed by atoms with van der Waals surface area (Å²) >= 11 is 1.82. The molecule has 1 aliphatic rings. The van der Waals surface area contributed by atoms with Crippen molar-refractivity contribution in [3.63, 3.8) is 0 Å². The van der Waals surface area contributed by atoms with Crippen LogP contribution in [0.1, 0.15) is 41.9 Å². The van der Waals surface area contributed by atoms with Gasteiger partial charge in [-0.1, -0.05) is 6.92 Å². The lowest BCUT2D eigenvalue weighted by Crippen LogP contribution is -2.46. The SMILES string of the molecule is Cc1nc(C)c(C(C)NC2CCNCC2C)s1. The van der Waals surface area contributed by atoms with Crippen molar-refractivity contribution in [1.82, 2.24) is 15.6 Å². The Balaban J connectivity index is 2.00. The third-order valence-electron chi connectivity index (χ3n) is 3.58. The van der Waals surface area contributed by atoms with E-state index in [9.17, 15) is 0 Å². The number of piperidine rings is 1. The summed E-state index contributed by atoms with van der Waals surface area (Å²) in [4.78, 5) is 5.91. The molecule has 0 bridgehead atoms. The Labute approximate surface area is 108 Å². The van der Waals surface area contributed by atoms with Gasteiger partial charge in [0, 0.05) is 17.0 Å². The quantitative estimate of drug-likeness (QED) is 0.868. The van der Waals surface area contributed by atoms with Gasteiger partial charge in [-0.3, -0.25) is 0 Å². The first-order chi connectivity index (χ1) is 8.08. The molecule has 1 fully saturated rings. The standard InChI is InChI=1S/C13H23N3S/c1-8-7-14-6-5-12(8)16-10(3)13-9(2)15-11(4)17-13/h8,10,12,14,16H,5-7H2,1-4H3. The van der Waals surface area contributed by atoms with Crippen LogP contribution in [0.3, 0.4) is 0 Å². The molecule has 1 aliphatic heterocycles. The average molecular weight is 253 g/mol. The zero-order valence-corrected chi connectivity index (χ0v) is 12.0. The van der Waals surface area contributed by atoms with Gasteiger partial charge in [0.15, 0.2) is 0 Å². The Hall–Kier alpha value is -0.450. The molecule has 0 saturated carbocycles. The second-order valence-corrected chi connectivity index (χ2v) is 6.38. The molecule has 3 unspecified atom stereocenters. The number of nitrogens with zero attached hydrogens (tertiary/aromatic N) is 1. The second-order valence-electron chi connectivity index (χ2n) is 5.15. The highest BCUT2D eigenvalue weighted by molar-refractivity contribution is 7.11. The number of rotatable bonds is 3. The van der Waals surface area contributed by atoms with Gasteiger partial charge < -0.3 is 10.6 Å². The third-order valence-corrected chi connectivity index (χ3v) is 4.84. The first-order valence-corrected chi connectivity index (χ1v) is 7.30. The third kappa shape index (κ3) is 3.06. The van der Waals surface area contributed by atoms with Crippen molar-refractivity contribution < 1.29 is 0 Å². The van der Waals surface area contributed by atoms with Crippen LogP contribution in [0.15, 0.2) is 0 Å². The predicted molar refractivity (Wildman–Crippen MR) is 73.6 cm³/mol. The van der Waals surface area contributed by atoms with Crippen molar-refractivity contribution in [3.05, 3.63) is 15.6 Å². The van der Waals surface area contributed by atoms with Crippen molar-refractivity contribution in [2.75, 3.05) is 13.1 Å². The molecule has 0 aliphatic carbocycles. The van der Waals surface area contributed by atoms with Gasteiger partial charge in [0.25, 0.3) is 0 Å². The normalized spacial score (nSPS) is 27.1. The molecule has 0 radical (unpaired) electrons. The molecule has 96 valence electrons. The molecule has 2 rings (SSSR count). The minimum atomic E-state index is 0.423. The number of aromatic nitrogens is 1. The molecule has 1 saturated heterocycles. The van der Waals surface area contributed by atoms with Crippen LogP contribution >= 0.6 is 11.3 Å². The van der Waals surface area contributed by atoms with Crippen LogP contribution in [-0.4, -0.2) is 24.1 Å². The molecule has 1 aromatic rings. The van der Waals surface area contributed by atoms with E-state index in [0.717, 1.165) is 13.1 Å². The minimum Gasteiger partial charge on any atom is -0.316 e. The zero-order valence-electron chi connectivity index (χ0n) is 11.2. The van der Waals surface area contributed by atoms with Gasteiger partial charge in [0.05, 0.1) is 10.7 Å². The molecule has 3 nitrogen and oxygen atoms in total. The van der Waals surface area contributed by atoms with Gasteiger partial charge in [-0.25, -0.2) is 4.98 Å². The number of aryl methyl sites for hydroxylation is 2. The van der Waals surface area contributed by atoms with Crippen LogP contribution in [0, 0.1) is 19.8 Å².